The van der Waals surface area contributed by atoms with Crippen molar-refractivity contribution in [3.63, 3.8) is 0 Å². The van der Waals surface area contributed by atoms with Crippen LogP contribution in [0.4, 0.5) is 0 Å². The molecule has 0 atom stereocenters. The molecule has 0 heterocycles. The van der Waals surface area contributed by atoms with Crippen LogP contribution in [0.1, 0.15) is 58.8 Å². The highest BCUT2D eigenvalue weighted by molar-refractivity contribution is 4.85. The Morgan fingerprint density at radius 2 is 1.75 bits per heavy atom. The lowest BCUT2D eigenvalue weighted by Gasteiger charge is -2.36. The van der Waals surface area contributed by atoms with E-state index in [1.165, 1.54) is 51.5 Å². The zero-order valence-corrected chi connectivity index (χ0v) is 11.2. The number of hydrogen-bond acceptors (Lipinski definition) is 2. The summed E-state index contributed by atoms with van der Waals surface area (Å²) in [5.41, 5.74) is 6.40. The van der Waals surface area contributed by atoms with Gasteiger partial charge in [-0.2, -0.15) is 0 Å². The van der Waals surface area contributed by atoms with Crippen LogP contribution in [0.15, 0.2) is 0 Å². The van der Waals surface area contributed by atoms with E-state index in [1.807, 2.05) is 0 Å². The fraction of sp³-hybridized carbons (Fsp3) is 1.00. The summed E-state index contributed by atoms with van der Waals surface area (Å²) in [4.78, 5) is 0. The summed E-state index contributed by atoms with van der Waals surface area (Å²) < 4.78 is 0. The normalized spacial score (nSPS) is 20.2. The lowest BCUT2D eigenvalue weighted by atomic mass is 9.74. The van der Waals surface area contributed by atoms with E-state index in [-0.39, 0.29) is 0 Å². The molecular formula is C14H30N2. The quantitative estimate of drug-likeness (QED) is 0.700. The molecule has 0 radical (unpaired) electrons. The molecule has 2 nitrogen and oxygen atoms in total. The van der Waals surface area contributed by atoms with Gasteiger partial charge in [0.05, 0.1) is 0 Å². The van der Waals surface area contributed by atoms with Crippen LogP contribution in [-0.2, 0) is 0 Å². The zero-order chi connectivity index (χ0) is 11.9. The van der Waals surface area contributed by atoms with Crippen LogP contribution in [0.3, 0.4) is 0 Å². The summed E-state index contributed by atoms with van der Waals surface area (Å²) >= 11 is 0. The molecule has 0 bridgehead atoms. The fourth-order valence-electron chi connectivity index (χ4n) is 2.87. The molecule has 0 aliphatic heterocycles. The van der Waals surface area contributed by atoms with E-state index in [1.54, 1.807) is 0 Å². The van der Waals surface area contributed by atoms with Gasteiger partial charge in [0, 0.05) is 6.54 Å². The van der Waals surface area contributed by atoms with E-state index >= 15 is 0 Å². The standard InChI is InChI=1S/C14H30N2/c1-3-13(4-2)10-16-12-14(11-15)8-6-5-7-9-14/h13,16H,3-12,15H2,1-2H3. The molecule has 0 saturated heterocycles. The lowest BCUT2D eigenvalue weighted by molar-refractivity contribution is 0.188. The van der Waals surface area contributed by atoms with Crippen LogP contribution in [-0.4, -0.2) is 19.6 Å². The molecule has 1 fully saturated rings. The second kappa shape index (κ2) is 7.29. The molecule has 0 spiro atoms. The first-order valence-electron chi connectivity index (χ1n) is 7.17. The van der Waals surface area contributed by atoms with Gasteiger partial charge < -0.3 is 11.1 Å². The van der Waals surface area contributed by atoms with Crippen LogP contribution >= 0.6 is 0 Å². The van der Waals surface area contributed by atoms with Crippen LogP contribution in [0.5, 0.6) is 0 Å². The fourth-order valence-corrected chi connectivity index (χ4v) is 2.87. The molecule has 0 aromatic rings. The monoisotopic (exact) mass is 226 g/mol. The van der Waals surface area contributed by atoms with E-state index in [2.05, 4.69) is 19.2 Å². The Morgan fingerprint density at radius 3 is 2.25 bits per heavy atom. The first-order chi connectivity index (χ1) is 7.76. The van der Waals surface area contributed by atoms with Crippen molar-refractivity contribution in [2.24, 2.45) is 17.1 Å². The summed E-state index contributed by atoms with van der Waals surface area (Å²) in [5, 5.41) is 3.67. The van der Waals surface area contributed by atoms with Crippen molar-refractivity contribution in [1.29, 1.82) is 0 Å². The number of hydrogen-bond donors (Lipinski definition) is 2. The number of rotatable bonds is 7. The molecule has 1 rings (SSSR count). The predicted molar refractivity (Wildman–Crippen MR) is 71.5 cm³/mol. The predicted octanol–water partition coefficient (Wildman–Crippen LogP) is 2.92. The van der Waals surface area contributed by atoms with Gasteiger partial charge in [-0.25, -0.2) is 0 Å². The molecule has 0 aromatic heterocycles. The minimum Gasteiger partial charge on any atom is -0.330 e. The van der Waals surface area contributed by atoms with Crippen LogP contribution in [0, 0.1) is 11.3 Å². The summed E-state index contributed by atoms with van der Waals surface area (Å²) in [6, 6.07) is 0. The van der Waals surface area contributed by atoms with Gasteiger partial charge in [0.2, 0.25) is 0 Å². The lowest BCUT2D eigenvalue weighted by Crippen LogP contribution is -2.43. The Labute approximate surface area is 101 Å². The van der Waals surface area contributed by atoms with Gasteiger partial charge >= 0.3 is 0 Å². The van der Waals surface area contributed by atoms with Crippen molar-refractivity contribution in [2.75, 3.05) is 19.6 Å². The molecule has 1 saturated carbocycles. The summed E-state index contributed by atoms with van der Waals surface area (Å²) in [6.45, 7) is 7.75. The largest absolute Gasteiger partial charge is 0.330 e. The molecular weight excluding hydrogens is 196 g/mol. The average Bonchev–Trinajstić information content (AvgIpc) is 2.36. The van der Waals surface area contributed by atoms with Crippen molar-refractivity contribution in [3.05, 3.63) is 0 Å². The van der Waals surface area contributed by atoms with Gasteiger partial charge in [-0.05, 0) is 37.3 Å². The van der Waals surface area contributed by atoms with Crippen molar-refractivity contribution >= 4 is 0 Å². The van der Waals surface area contributed by atoms with E-state index in [4.69, 9.17) is 5.73 Å². The minimum atomic E-state index is 0.421. The summed E-state index contributed by atoms with van der Waals surface area (Å²) in [6.07, 6.45) is 9.42. The van der Waals surface area contributed by atoms with E-state index in [0.717, 1.165) is 19.0 Å². The van der Waals surface area contributed by atoms with Gasteiger partial charge in [-0.3, -0.25) is 0 Å². The average molecular weight is 226 g/mol. The Balaban J connectivity index is 2.27. The molecule has 2 heteroatoms. The van der Waals surface area contributed by atoms with Gasteiger partial charge in [-0.1, -0.05) is 46.0 Å². The highest BCUT2D eigenvalue weighted by atomic mass is 14.9. The summed E-state index contributed by atoms with van der Waals surface area (Å²) in [5.74, 6) is 0.846. The molecule has 0 aromatic carbocycles. The zero-order valence-electron chi connectivity index (χ0n) is 11.2. The second-order valence-corrected chi connectivity index (χ2v) is 5.58. The van der Waals surface area contributed by atoms with Crippen LogP contribution < -0.4 is 11.1 Å². The Bertz CT molecular complexity index is 170. The molecule has 0 unspecified atom stereocenters. The van der Waals surface area contributed by atoms with E-state index in [0.29, 0.717) is 5.41 Å². The van der Waals surface area contributed by atoms with Crippen LogP contribution in [0.2, 0.25) is 0 Å². The van der Waals surface area contributed by atoms with Crippen molar-refractivity contribution in [1.82, 2.24) is 5.32 Å². The van der Waals surface area contributed by atoms with Crippen molar-refractivity contribution < 1.29 is 0 Å². The van der Waals surface area contributed by atoms with Crippen molar-refractivity contribution in [3.8, 4) is 0 Å². The van der Waals surface area contributed by atoms with E-state index in [9.17, 15) is 0 Å². The number of nitrogens with one attached hydrogen (secondary N) is 1. The first-order valence-corrected chi connectivity index (χ1v) is 7.17. The highest BCUT2D eigenvalue weighted by Gasteiger charge is 2.30. The first kappa shape index (κ1) is 14.0. The number of nitrogens with two attached hydrogens (primary N) is 1. The Kier molecular flexibility index (Phi) is 6.37. The third-order valence-corrected chi connectivity index (χ3v) is 4.43. The Hall–Kier alpha value is -0.0800. The maximum Gasteiger partial charge on any atom is 0.00200 e. The van der Waals surface area contributed by atoms with Crippen molar-refractivity contribution in [2.45, 2.75) is 58.8 Å². The molecule has 3 N–H and O–H groups in total. The third-order valence-electron chi connectivity index (χ3n) is 4.43. The molecule has 1 aliphatic rings. The molecule has 96 valence electrons. The van der Waals surface area contributed by atoms with Gasteiger partial charge in [-0.15, -0.1) is 0 Å². The topological polar surface area (TPSA) is 38.0 Å². The minimum absolute atomic E-state index is 0.421. The van der Waals surface area contributed by atoms with Crippen LogP contribution in [0.25, 0.3) is 0 Å². The maximum atomic E-state index is 5.98. The van der Waals surface area contributed by atoms with Gasteiger partial charge in [0.25, 0.3) is 0 Å². The summed E-state index contributed by atoms with van der Waals surface area (Å²) in [7, 11) is 0. The molecule has 1 aliphatic carbocycles. The Morgan fingerprint density at radius 1 is 1.12 bits per heavy atom. The molecule has 16 heavy (non-hydrogen) atoms. The van der Waals surface area contributed by atoms with E-state index < -0.39 is 0 Å². The highest BCUT2D eigenvalue weighted by Crippen LogP contribution is 2.34. The SMILES string of the molecule is CCC(CC)CNCC1(CN)CCCCC1. The molecule has 0 amide bonds. The van der Waals surface area contributed by atoms with Gasteiger partial charge in [0.1, 0.15) is 0 Å². The second-order valence-electron chi connectivity index (χ2n) is 5.58. The third kappa shape index (κ3) is 4.06. The van der Waals surface area contributed by atoms with Gasteiger partial charge in [0.15, 0.2) is 0 Å². The maximum absolute atomic E-state index is 5.98. The smallest absolute Gasteiger partial charge is 0.00200 e.